The molecule has 0 aliphatic heterocycles. The molecule has 0 amide bonds. The van der Waals surface area contributed by atoms with Crippen molar-refractivity contribution in [2.24, 2.45) is 0 Å². The summed E-state index contributed by atoms with van der Waals surface area (Å²) in [5, 5.41) is 13.8. The first-order chi connectivity index (χ1) is 8.08. The van der Waals surface area contributed by atoms with Crippen LogP contribution in [0, 0.1) is 10.1 Å². The van der Waals surface area contributed by atoms with Crippen LogP contribution >= 0.6 is 0 Å². The Balaban J connectivity index is 2.89. The van der Waals surface area contributed by atoms with E-state index in [-0.39, 0.29) is 11.8 Å². The summed E-state index contributed by atoms with van der Waals surface area (Å²) in [4.78, 5) is 10.4. The standard InChI is InChI=1S/C11H16N2O4/c1-8(16-2)7-12-10-6-9(17-3)4-5-11(10)13(14)15/h4-6,8,12H,7H2,1-3H3. The number of hydrogen-bond donors (Lipinski definition) is 1. The second-order valence-electron chi connectivity index (χ2n) is 3.57. The van der Waals surface area contributed by atoms with E-state index in [4.69, 9.17) is 9.47 Å². The van der Waals surface area contributed by atoms with Gasteiger partial charge in [-0.15, -0.1) is 0 Å². The number of methoxy groups -OCH3 is 2. The van der Waals surface area contributed by atoms with E-state index in [1.165, 1.54) is 13.2 Å². The van der Waals surface area contributed by atoms with Crippen LogP contribution in [0.3, 0.4) is 0 Å². The van der Waals surface area contributed by atoms with Crippen LogP contribution in [0.15, 0.2) is 18.2 Å². The van der Waals surface area contributed by atoms with E-state index in [0.717, 1.165) is 0 Å². The van der Waals surface area contributed by atoms with E-state index < -0.39 is 4.92 Å². The number of nitro groups is 1. The van der Waals surface area contributed by atoms with E-state index in [1.807, 2.05) is 6.92 Å². The number of rotatable bonds is 6. The van der Waals surface area contributed by atoms with Gasteiger partial charge in [-0.05, 0) is 13.0 Å². The smallest absolute Gasteiger partial charge is 0.292 e. The Morgan fingerprint density at radius 2 is 2.18 bits per heavy atom. The molecule has 0 saturated heterocycles. The summed E-state index contributed by atoms with van der Waals surface area (Å²) in [6.07, 6.45) is -0.0270. The van der Waals surface area contributed by atoms with Gasteiger partial charge in [0.15, 0.2) is 0 Å². The first kappa shape index (κ1) is 13.2. The molecule has 1 aromatic rings. The summed E-state index contributed by atoms with van der Waals surface area (Å²) in [6.45, 7) is 2.36. The van der Waals surface area contributed by atoms with E-state index in [0.29, 0.717) is 18.0 Å². The summed E-state index contributed by atoms with van der Waals surface area (Å²) in [6, 6.07) is 4.57. The fourth-order valence-electron chi connectivity index (χ4n) is 1.28. The zero-order valence-corrected chi connectivity index (χ0v) is 10.1. The lowest BCUT2D eigenvalue weighted by Crippen LogP contribution is -2.18. The van der Waals surface area contributed by atoms with Crippen LogP contribution in [0.2, 0.25) is 0 Å². The molecule has 1 atom stereocenters. The van der Waals surface area contributed by atoms with Crippen LogP contribution in [0.25, 0.3) is 0 Å². The highest BCUT2D eigenvalue weighted by molar-refractivity contribution is 5.64. The van der Waals surface area contributed by atoms with Crippen LogP contribution < -0.4 is 10.1 Å². The van der Waals surface area contributed by atoms with Gasteiger partial charge >= 0.3 is 0 Å². The van der Waals surface area contributed by atoms with Crippen molar-refractivity contribution in [3.63, 3.8) is 0 Å². The fourth-order valence-corrected chi connectivity index (χ4v) is 1.28. The molecular weight excluding hydrogens is 224 g/mol. The van der Waals surface area contributed by atoms with Gasteiger partial charge in [0.25, 0.3) is 5.69 Å². The van der Waals surface area contributed by atoms with E-state index in [2.05, 4.69) is 5.32 Å². The van der Waals surface area contributed by atoms with Crippen molar-refractivity contribution in [3.8, 4) is 5.75 Å². The number of nitrogens with one attached hydrogen (secondary N) is 1. The lowest BCUT2D eigenvalue weighted by molar-refractivity contribution is -0.384. The maximum Gasteiger partial charge on any atom is 0.292 e. The van der Waals surface area contributed by atoms with Gasteiger partial charge in [0.05, 0.1) is 18.1 Å². The zero-order chi connectivity index (χ0) is 12.8. The monoisotopic (exact) mass is 240 g/mol. The topological polar surface area (TPSA) is 73.6 Å². The molecule has 0 radical (unpaired) electrons. The number of nitrogens with zero attached hydrogens (tertiary/aromatic N) is 1. The van der Waals surface area contributed by atoms with Crippen molar-refractivity contribution in [1.82, 2.24) is 0 Å². The maximum absolute atomic E-state index is 10.8. The van der Waals surface area contributed by atoms with E-state index in [9.17, 15) is 10.1 Å². The Labute approximate surface area is 99.7 Å². The second kappa shape index (κ2) is 6.05. The van der Waals surface area contributed by atoms with Gasteiger partial charge in [-0.2, -0.15) is 0 Å². The minimum Gasteiger partial charge on any atom is -0.497 e. The Bertz CT molecular complexity index is 395. The third-order valence-corrected chi connectivity index (χ3v) is 2.38. The molecule has 0 aliphatic carbocycles. The average Bonchev–Trinajstić information content (AvgIpc) is 2.35. The maximum atomic E-state index is 10.8. The normalized spacial score (nSPS) is 11.9. The molecule has 0 spiro atoms. The minimum atomic E-state index is -0.431. The number of anilines is 1. The predicted molar refractivity (Wildman–Crippen MR) is 64.6 cm³/mol. The lowest BCUT2D eigenvalue weighted by Gasteiger charge is -2.12. The molecule has 1 rings (SSSR count). The largest absolute Gasteiger partial charge is 0.497 e. The molecule has 1 unspecified atom stereocenters. The third kappa shape index (κ3) is 3.60. The number of hydrogen-bond acceptors (Lipinski definition) is 5. The van der Waals surface area contributed by atoms with Crippen LogP contribution in [-0.4, -0.2) is 31.8 Å². The number of nitro benzene ring substituents is 1. The van der Waals surface area contributed by atoms with Crippen molar-refractivity contribution >= 4 is 11.4 Å². The highest BCUT2D eigenvalue weighted by Crippen LogP contribution is 2.28. The number of ether oxygens (including phenoxy) is 2. The predicted octanol–water partition coefficient (Wildman–Crippen LogP) is 2.05. The lowest BCUT2D eigenvalue weighted by atomic mass is 10.2. The average molecular weight is 240 g/mol. The van der Waals surface area contributed by atoms with Crippen LogP contribution in [0.4, 0.5) is 11.4 Å². The summed E-state index contributed by atoms with van der Waals surface area (Å²) in [5.74, 6) is 0.572. The molecule has 94 valence electrons. The first-order valence-electron chi connectivity index (χ1n) is 5.17. The molecule has 0 aliphatic rings. The van der Waals surface area contributed by atoms with Crippen molar-refractivity contribution in [3.05, 3.63) is 28.3 Å². The molecule has 0 heterocycles. The van der Waals surface area contributed by atoms with Gasteiger partial charge in [-0.3, -0.25) is 10.1 Å². The molecule has 6 heteroatoms. The molecular formula is C11H16N2O4. The van der Waals surface area contributed by atoms with Crippen LogP contribution in [0.1, 0.15) is 6.92 Å². The van der Waals surface area contributed by atoms with Crippen LogP contribution in [-0.2, 0) is 4.74 Å². The SMILES string of the molecule is COc1ccc([N+](=O)[O-])c(NCC(C)OC)c1. The second-order valence-corrected chi connectivity index (χ2v) is 3.57. The summed E-state index contributed by atoms with van der Waals surface area (Å²) < 4.78 is 10.1. The van der Waals surface area contributed by atoms with Gasteiger partial charge in [0.2, 0.25) is 0 Å². The summed E-state index contributed by atoms with van der Waals surface area (Å²) in [7, 11) is 3.11. The van der Waals surface area contributed by atoms with Crippen molar-refractivity contribution in [2.75, 3.05) is 26.1 Å². The minimum absolute atomic E-state index is 0.0223. The molecule has 0 aromatic heterocycles. The van der Waals surface area contributed by atoms with Crippen LogP contribution in [0.5, 0.6) is 5.75 Å². The third-order valence-electron chi connectivity index (χ3n) is 2.38. The van der Waals surface area contributed by atoms with E-state index >= 15 is 0 Å². The van der Waals surface area contributed by atoms with Gasteiger partial charge in [-0.1, -0.05) is 0 Å². The molecule has 6 nitrogen and oxygen atoms in total. The highest BCUT2D eigenvalue weighted by atomic mass is 16.6. The molecule has 1 N–H and O–H groups in total. The van der Waals surface area contributed by atoms with Gasteiger partial charge in [-0.25, -0.2) is 0 Å². The summed E-state index contributed by atoms with van der Waals surface area (Å²) in [5.41, 5.74) is 0.451. The van der Waals surface area contributed by atoms with Crippen molar-refractivity contribution in [1.29, 1.82) is 0 Å². The number of benzene rings is 1. The molecule has 1 aromatic carbocycles. The Morgan fingerprint density at radius 1 is 1.47 bits per heavy atom. The zero-order valence-electron chi connectivity index (χ0n) is 10.1. The van der Waals surface area contributed by atoms with Crippen molar-refractivity contribution < 1.29 is 14.4 Å². The van der Waals surface area contributed by atoms with Gasteiger partial charge in [0, 0.05) is 25.8 Å². The van der Waals surface area contributed by atoms with Crippen molar-refractivity contribution in [2.45, 2.75) is 13.0 Å². The van der Waals surface area contributed by atoms with E-state index in [1.54, 1.807) is 19.2 Å². The first-order valence-corrected chi connectivity index (χ1v) is 5.17. The molecule has 17 heavy (non-hydrogen) atoms. The Morgan fingerprint density at radius 3 is 2.71 bits per heavy atom. The summed E-state index contributed by atoms with van der Waals surface area (Å²) >= 11 is 0. The fraction of sp³-hybridized carbons (Fsp3) is 0.455. The van der Waals surface area contributed by atoms with Gasteiger partial charge in [0.1, 0.15) is 11.4 Å². The highest BCUT2D eigenvalue weighted by Gasteiger charge is 2.14. The molecule has 0 bridgehead atoms. The molecule has 0 fully saturated rings. The molecule has 0 saturated carbocycles. The quantitative estimate of drug-likeness (QED) is 0.608. The Kier molecular flexibility index (Phi) is 4.71. The Hall–Kier alpha value is -1.82. The van der Waals surface area contributed by atoms with Gasteiger partial charge < -0.3 is 14.8 Å².